The molecule has 4 rings (SSSR count). The molecule has 1 N–H and O–H groups in total. The maximum absolute atomic E-state index is 5.84. The molecule has 5 nitrogen and oxygen atoms in total. The molecule has 0 aliphatic carbocycles. The Labute approximate surface area is 160 Å². The van der Waals surface area contributed by atoms with Crippen molar-refractivity contribution in [3.63, 3.8) is 0 Å². The van der Waals surface area contributed by atoms with Gasteiger partial charge in [0.05, 0.1) is 0 Å². The minimum atomic E-state index is 0.782. The minimum Gasteiger partial charge on any atom is -0.457 e. The molecule has 1 aliphatic rings. The van der Waals surface area contributed by atoms with E-state index in [1.54, 1.807) is 0 Å². The number of aromatic nitrogens is 2. The number of benzene rings is 2. The highest BCUT2D eigenvalue weighted by molar-refractivity contribution is 5.60. The van der Waals surface area contributed by atoms with E-state index in [4.69, 9.17) is 4.74 Å². The largest absolute Gasteiger partial charge is 0.457 e. The Balaban J connectivity index is 1.46. The van der Waals surface area contributed by atoms with Crippen LogP contribution in [-0.2, 0) is 0 Å². The van der Waals surface area contributed by atoms with Crippen molar-refractivity contribution < 1.29 is 4.74 Å². The third-order valence-electron chi connectivity index (χ3n) is 4.61. The summed E-state index contributed by atoms with van der Waals surface area (Å²) in [5, 5.41) is 3.38. The van der Waals surface area contributed by atoms with Gasteiger partial charge in [-0.05, 0) is 62.6 Å². The average Bonchev–Trinajstić information content (AvgIpc) is 2.71. The number of hydrogen-bond acceptors (Lipinski definition) is 5. The molecule has 5 heteroatoms. The lowest BCUT2D eigenvalue weighted by Crippen LogP contribution is -2.30. The van der Waals surface area contributed by atoms with Crippen LogP contribution in [0.25, 0.3) is 0 Å². The van der Waals surface area contributed by atoms with Crippen LogP contribution in [0.3, 0.4) is 0 Å². The molecule has 0 saturated carbocycles. The van der Waals surface area contributed by atoms with E-state index in [-0.39, 0.29) is 0 Å². The SMILES string of the molecule is Cc1nc(Nc2ccc(Oc3ccccc3)cc2)cc(N2CCCCC2)n1. The molecule has 1 fully saturated rings. The van der Waals surface area contributed by atoms with Crippen LogP contribution in [-0.4, -0.2) is 23.1 Å². The first-order chi connectivity index (χ1) is 13.3. The number of anilines is 3. The Morgan fingerprint density at radius 1 is 0.852 bits per heavy atom. The third kappa shape index (κ3) is 4.56. The summed E-state index contributed by atoms with van der Waals surface area (Å²) in [6, 6.07) is 19.7. The van der Waals surface area contributed by atoms with Crippen LogP contribution in [0.4, 0.5) is 17.3 Å². The second kappa shape index (κ2) is 8.08. The molecule has 138 valence electrons. The van der Waals surface area contributed by atoms with E-state index in [9.17, 15) is 0 Å². The predicted octanol–water partition coefficient (Wildman–Crippen LogP) is 5.31. The first kappa shape index (κ1) is 17.3. The molecule has 0 amide bonds. The van der Waals surface area contributed by atoms with Crippen LogP contribution >= 0.6 is 0 Å². The van der Waals surface area contributed by atoms with Gasteiger partial charge in [0.25, 0.3) is 0 Å². The van der Waals surface area contributed by atoms with E-state index in [2.05, 4.69) is 20.2 Å². The van der Waals surface area contributed by atoms with Crippen molar-refractivity contribution >= 4 is 17.3 Å². The van der Waals surface area contributed by atoms with E-state index in [1.807, 2.05) is 67.6 Å². The van der Waals surface area contributed by atoms with Crippen LogP contribution < -0.4 is 15.0 Å². The fourth-order valence-electron chi connectivity index (χ4n) is 3.28. The maximum atomic E-state index is 5.84. The molecule has 2 heterocycles. The lowest BCUT2D eigenvalue weighted by atomic mass is 10.1. The van der Waals surface area contributed by atoms with Crippen molar-refractivity contribution in [1.29, 1.82) is 0 Å². The molecule has 2 aromatic carbocycles. The molecule has 0 bridgehead atoms. The Hall–Kier alpha value is -3.08. The first-order valence-electron chi connectivity index (χ1n) is 9.47. The van der Waals surface area contributed by atoms with Gasteiger partial charge in [0.15, 0.2) is 0 Å². The van der Waals surface area contributed by atoms with Crippen molar-refractivity contribution in [2.45, 2.75) is 26.2 Å². The Kier molecular flexibility index (Phi) is 5.19. The second-order valence-electron chi connectivity index (χ2n) is 6.77. The quantitative estimate of drug-likeness (QED) is 0.668. The number of rotatable bonds is 5. The molecule has 0 spiro atoms. The van der Waals surface area contributed by atoms with Crippen molar-refractivity contribution in [3.8, 4) is 11.5 Å². The lowest BCUT2D eigenvalue weighted by Gasteiger charge is -2.28. The molecule has 3 aromatic rings. The molecule has 1 aromatic heterocycles. The van der Waals surface area contributed by atoms with Gasteiger partial charge in [-0.2, -0.15) is 0 Å². The van der Waals surface area contributed by atoms with Crippen LogP contribution in [0.5, 0.6) is 11.5 Å². The molecule has 27 heavy (non-hydrogen) atoms. The summed E-state index contributed by atoms with van der Waals surface area (Å²) in [7, 11) is 0. The predicted molar refractivity (Wildman–Crippen MR) is 109 cm³/mol. The maximum Gasteiger partial charge on any atom is 0.136 e. The lowest BCUT2D eigenvalue weighted by molar-refractivity contribution is 0.483. The highest BCUT2D eigenvalue weighted by Crippen LogP contribution is 2.25. The van der Waals surface area contributed by atoms with Crippen LogP contribution in [0.2, 0.25) is 0 Å². The zero-order valence-corrected chi connectivity index (χ0v) is 15.6. The van der Waals surface area contributed by atoms with E-state index >= 15 is 0 Å². The van der Waals surface area contributed by atoms with Crippen molar-refractivity contribution in [1.82, 2.24) is 9.97 Å². The van der Waals surface area contributed by atoms with Gasteiger partial charge in [-0.15, -0.1) is 0 Å². The number of piperidine rings is 1. The van der Waals surface area contributed by atoms with Gasteiger partial charge in [0.1, 0.15) is 29.0 Å². The fraction of sp³-hybridized carbons (Fsp3) is 0.273. The summed E-state index contributed by atoms with van der Waals surface area (Å²) in [6.07, 6.45) is 3.77. The summed E-state index contributed by atoms with van der Waals surface area (Å²) in [4.78, 5) is 11.5. The van der Waals surface area contributed by atoms with Crippen LogP contribution in [0.1, 0.15) is 25.1 Å². The smallest absolute Gasteiger partial charge is 0.136 e. The molecule has 0 atom stereocenters. The summed E-state index contributed by atoms with van der Waals surface area (Å²) >= 11 is 0. The van der Waals surface area contributed by atoms with Crippen LogP contribution in [0.15, 0.2) is 60.7 Å². The molecule has 0 radical (unpaired) electrons. The van der Waals surface area contributed by atoms with Crippen molar-refractivity contribution in [2.75, 3.05) is 23.3 Å². The van der Waals surface area contributed by atoms with Gasteiger partial charge in [0, 0.05) is 24.8 Å². The van der Waals surface area contributed by atoms with Crippen LogP contribution in [0, 0.1) is 6.92 Å². The van der Waals surface area contributed by atoms with E-state index in [0.29, 0.717) is 0 Å². The normalized spacial score (nSPS) is 14.0. The van der Waals surface area contributed by atoms with Gasteiger partial charge in [-0.3, -0.25) is 0 Å². The second-order valence-corrected chi connectivity index (χ2v) is 6.77. The first-order valence-corrected chi connectivity index (χ1v) is 9.47. The van der Waals surface area contributed by atoms with Crippen molar-refractivity contribution in [3.05, 3.63) is 66.5 Å². The monoisotopic (exact) mass is 360 g/mol. The number of ether oxygens (including phenoxy) is 1. The number of hydrogen-bond donors (Lipinski definition) is 1. The van der Waals surface area contributed by atoms with Gasteiger partial charge in [-0.1, -0.05) is 18.2 Å². The highest BCUT2D eigenvalue weighted by Gasteiger charge is 2.14. The van der Waals surface area contributed by atoms with E-state index < -0.39 is 0 Å². The van der Waals surface area contributed by atoms with E-state index in [1.165, 1.54) is 19.3 Å². The Bertz CT molecular complexity index is 875. The molecule has 1 aliphatic heterocycles. The van der Waals surface area contributed by atoms with Crippen molar-refractivity contribution in [2.24, 2.45) is 0 Å². The Morgan fingerprint density at radius 2 is 1.56 bits per heavy atom. The van der Waals surface area contributed by atoms with Gasteiger partial charge in [-0.25, -0.2) is 9.97 Å². The third-order valence-corrected chi connectivity index (χ3v) is 4.61. The molecular formula is C22H24N4O. The highest BCUT2D eigenvalue weighted by atomic mass is 16.5. The number of para-hydroxylation sites is 1. The van der Waals surface area contributed by atoms with Gasteiger partial charge >= 0.3 is 0 Å². The minimum absolute atomic E-state index is 0.782. The summed E-state index contributed by atoms with van der Waals surface area (Å²) < 4.78 is 5.84. The molecule has 0 unspecified atom stereocenters. The standard InChI is InChI=1S/C22H24N4O/c1-17-23-21(16-22(24-17)26-14-6-3-7-15-26)25-18-10-12-20(13-11-18)27-19-8-4-2-5-9-19/h2,4-5,8-13,16H,3,6-7,14-15H2,1H3,(H,23,24,25). The number of nitrogens with one attached hydrogen (secondary N) is 1. The number of aryl methyl sites for hydroxylation is 1. The zero-order valence-electron chi connectivity index (χ0n) is 15.6. The average molecular weight is 360 g/mol. The van der Waals surface area contributed by atoms with Gasteiger partial charge < -0.3 is 15.0 Å². The number of nitrogens with zero attached hydrogens (tertiary/aromatic N) is 3. The molecule has 1 saturated heterocycles. The topological polar surface area (TPSA) is 50.3 Å². The van der Waals surface area contributed by atoms with E-state index in [0.717, 1.165) is 47.7 Å². The summed E-state index contributed by atoms with van der Waals surface area (Å²) in [6.45, 7) is 4.08. The summed E-state index contributed by atoms with van der Waals surface area (Å²) in [5.41, 5.74) is 0.970. The zero-order chi connectivity index (χ0) is 18.5. The Morgan fingerprint density at radius 3 is 2.30 bits per heavy atom. The fourth-order valence-corrected chi connectivity index (χ4v) is 3.28. The van der Waals surface area contributed by atoms with Gasteiger partial charge in [0.2, 0.25) is 0 Å². The molecular weight excluding hydrogens is 336 g/mol. The summed E-state index contributed by atoms with van der Waals surface area (Å²) in [5.74, 6) is 4.24.